The Balaban J connectivity index is 2.60. The van der Waals surface area contributed by atoms with Crippen molar-refractivity contribution >= 4 is 17.3 Å². The van der Waals surface area contributed by atoms with Crippen LogP contribution in [0, 0.1) is 11.3 Å². The third-order valence-corrected chi connectivity index (χ3v) is 3.86. The van der Waals surface area contributed by atoms with Gasteiger partial charge in [0.25, 0.3) is 0 Å². The number of nitriles is 1. The second kappa shape index (κ2) is 5.99. The van der Waals surface area contributed by atoms with E-state index in [9.17, 15) is 5.26 Å². The average molecular weight is 342 g/mol. The standard InChI is InChI=1S/C17H26N8/c1-16(2,3)12-10(9-18)15(25(8)22-12)21-20-11-13(17(4,5)6)23-24(7)14(11)19/h19H2,1-8H3. The molecule has 25 heavy (non-hydrogen) atoms. The molecule has 2 N–H and O–H groups in total. The van der Waals surface area contributed by atoms with Crippen LogP contribution in [0.4, 0.5) is 17.3 Å². The SMILES string of the molecule is Cn1nc(C(C)(C)C)c(N=Nc2c(C#N)c(C(C)(C)C)nn2C)c1N. The lowest BCUT2D eigenvalue weighted by Gasteiger charge is -2.15. The Hall–Kier alpha value is -2.69. The van der Waals surface area contributed by atoms with Crippen LogP contribution >= 0.6 is 0 Å². The molecule has 2 aromatic heterocycles. The van der Waals surface area contributed by atoms with E-state index < -0.39 is 0 Å². The topological polar surface area (TPSA) is 110 Å². The number of aromatic nitrogens is 4. The highest BCUT2D eigenvalue weighted by atomic mass is 15.4. The predicted molar refractivity (Wildman–Crippen MR) is 97.1 cm³/mol. The van der Waals surface area contributed by atoms with E-state index in [1.54, 1.807) is 23.5 Å². The summed E-state index contributed by atoms with van der Waals surface area (Å²) < 4.78 is 3.16. The Bertz CT molecular complexity index is 863. The number of azo groups is 1. The molecular weight excluding hydrogens is 316 g/mol. The van der Waals surface area contributed by atoms with Crippen LogP contribution in [-0.2, 0) is 24.9 Å². The molecule has 0 fully saturated rings. The summed E-state index contributed by atoms with van der Waals surface area (Å²) >= 11 is 0. The van der Waals surface area contributed by atoms with Gasteiger partial charge in [-0.2, -0.15) is 15.5 Å². The zero-order valence-electron chi connectivity index (χ0n) is 16.2. The molecule has 8 nitrogen and oxygen atoms in total. The molecular formula is C17H26N8. The molecule has 0 unspecified atom stereocenters. The number of hydrogen-bond acceptors (Lipinski definition) is 6. The number of nitrogens with two attached hydrogens (primary N) is 1. The highest BCUT2D eigenvalue weighted by molar-refractivity contribution is 5.63. The van der Waals surface area contributed by atoms with Crippen molar-refractivity contribution in [1.29, 1.82) is 5.26 Å². The van der Waals surface area contributed by atoms with Gasteiger partial charge in [0.05, 0.1) is 11.4 Å². The summed E-state index contributed by atoms with van der Waals surface area (Å²) in [7, 11) is 3.52. The van der Waals surface area contributed by atoms with Gasteiger partial charge in [0, 0.05) is 24.9 Å². The fourth-order valence-electron chi connectivity index (χ4n) is 2.48. The fourth-order valence-corrected chi connectivity index (χ4v) is 2.48. The second-order valence-corrected chi connectivity index (χ2v) is 8.19. The van der Waals surface area contributed by atoms with Gasteiger partial charge in [0.2, 0.25) is 0 Å². The molecule has 2 heterocycles. The molecule has 8 heteroatoms. The first-order valence-electron chi connectivity index (χ1n) is 8.10. The van der Waals surface area contributed by atoms with Gasteiger partial charge in [-0.05, 0) is 0 Å². The Labute approximate surface area is 148 Å². The van der Waals surface area contributed by atoms with Crippen molar-refractivity contribution in [2.75, 3.05) is 5.73 Å². The maximum Gasteiger partial charge on any atom is 0.191 e. The average Bonchev–Trinajstić information content (AvgIpc) is 2.94. The number of nitrogens with zero attached hydrogens (tertiary/aromatic N) is 7. The summed E-state index contributed by atoms with van der Waals surface area (Å²) in [6, 6.07) is 2.20. The molecule has 2 rings (SSSR count). The molecule has 0 amide bonds. The normalized spacial score (nSPS) is 12.8. The van der Waals surface area contributed by atoms with E-state index in [4.69, 9.17) is 5.73 Å². The lowest BCUT2D eigenvalue weighted by Crippen LogP contribution is -2.14. The van der Waals surface area contributed by atoms with Crippen molar-refractivity contribution < 1.29 is 0 Å². The van der Waals surface area contributed by atoms with E-state index in [2.05, 4.69) is 26.5 Å². The Morgan fingerprint density at radius 3 is 1.92 bits per heavy atom. The van der Waals surface area contributed by atoms with Gasteiger partial charge in [0.15, 0.2) is 11.5 Å². The van der Waals surface area contributed by atoms with E-state index in [1.165, 1.54) is 0 Å². The first-order valence-corrected chi connectivity index (χ1v) is 8.10. The van der Waals surface area contributed by atoms with Crippen molar-refractivity contribution in [3.05, 3.63) is 17.0 Å². The first kappa shape index (κ1) is 18.6. The number of rotatable bonds is 2. The van der Waals surface area contributed by atoms with Crippen molar-refractivity contribution in [2.45, 2.75) is 52.4 Å². The van der Waals surface area contributed by atoms with Crippen LogP contribution in [0.3, 0.4) is 0 Å². The van der Waals surface area contributed by atoms with Crippen LogP contribution in [-0.4, -0.2) is 19.6 Å². The maximum atomic E-state index is 9.57. The van der Waals surface area contributed by atoms with E-state index in [0.29, 0.717) is 28.6 Å². The van der Waals surface area contributed by atoms with Gasteiger partial charge in [-0.3, -0.25) is 4.68 Å². The van der Waals surface area contributed by atoms with E-state index in [1.807, 2.05) is 41.5 Å². The second-order valence-electron chi connectivity index (χ2n) is 8.19. The Morgan fingerprint density at radius 2 is 1.44 bits per heavy atom. The molecule has 0 spiro atoms. The molecule has 2 aromatic rings. The summed E-state index contributed by atoms with van der Waals surface area (Å²) in [5, 5.41) is 27.1. The lowest BCUT2D eigenvalue weighted by molar-refractivity contribution is 0.552. The summed E-state index contributed by atoms with van der Waals surface area (Å²) in [5.74, 6) is 0.848. The van der Waals surface area contributed by atoms with Crippen LogP contribution in [0.25, 0.3) is 0 Å². The molecule has 0 atom stereocenters. The quantitative estimate of drug-likeness (QED) is 0.840. The zero-order chi connectivity index (χ0) is 19.2. The summed E-state index contributed by atoms with van der Waals surface area (Å²) in [5.41, 5.74) is 8.02. The number of nitrogen functional groups attached to an aromatic ring is 1. The molecule has 0 saturated carbocycles. The van der Waals surface area contributed by atoms with Gasteiger partial charge >= 0.3 is 0 Å². The van der Waals surface area contributed by atoms with Gasteiger partial charge in [0.1, 0.15) is 17.5 Å². The molecule has 0 radical (unpaired) electrons. The van der Waals surface area contributed by atoms with Gasteiger partial charge < -0.3 is 5.73 Å². The van der Waals surface area contributed by atoms with Crippen LogP contribution < -0.4 is 5.73 Å². The smallest absolute Gasteiger partial charge is 0.191 e. The molecule has 134 valence electrons. The highest BCUT2D eigenvalue weighted by Gasteiger charge is 2.28. The van der Waals surface area contributed by atoms with Gasteiger partial charge in [-0.15, -0.1) is 10.2 Å². The van der Waals surface area contributed by atoms with E-state index in [0.717, 1.165) is 5.69 Å². The molecule has 0 bridgehead atoms. The van der Waals surface area contributed by atoms with Gasteiger partial charge in [-0.25, -0.2) is 4.68 Å². The van der Waals surface area contributed by atoms with Crippen molar-refractivity contribution in [3.8, 4) is 6.07 Å². The Kier molecular flexibility index (Phi) is 4.47. The van der Waals surface area contributed by atoms with Crippen molar-refractivity contribution in [2.24, 2.45) is 24.3 Å². The zero-order valence-corrected chi connectivity index (χ0v) is 16.2. The van der Waals surface area contributed by atoms with Crippen molar-refractivity contribution in [3.63, 3.8) is 0 Å². The van der Waals surface area contributed by atoms with Crippen molar-refractivity contribution in [1.82, 2.24) is 19.6 Å². The predicted octanol–water partition coefficient (Wildman–Crippen LogP) is 3.62. The molecule has 0 saturated heterocycles. The molecule has 0 aliphatic carbocycles. The number of anilines is 1. The Morgan fingerprint density at radius 1 is 0.920 bits per heavy atom. The van der Waals surface area contributed by atoms with E-state index in [-0.39, 0.29) is 10.8 Å². The third kappa shape index (κ3) is 3.40. The maximum absolute atomic E-state index is 9.57. The summed E-state index contributed by atoms with van der Waals surface area (Å²) in [4.78, 5) is 0. The lowest BCUT2D eigenvalue weighted by atomic mass is 9.90. The van der Waals surface area contributed by atoms with Crippen LogP contribution in [0.2, 0.25) is 0 Å². The van der Waals surface area contributed by atoms with Crippen LogP contribution in [0.5, 0.6) is 0 Å². The monoisotopic (exact) mass is 342 g/mol. The van der Waals surface area contributed by atoms with Crippen LogP contribution in [0.1, 0.15) is 58.5 Å². The minimum absolute atomic E-state index is 0.231. The van der Waals surface area contributed by atoms with E-state index >= 15 is 0 Å². The van der Waals surface area contributed by atoms with Crippen LogP contribution in [0.15, 0.2) is 10.2 Å². The first-order chi connectivity index (χ1) is 11.4. The minimum atomic E-state index is -0.263. The summed E-state index contributed by atoms with van der Waals surface area (Å²) in [6.45, 7) is 12.1. The number of aryl methyl sites for hydroxylation is 2. The number of hydrogen-bond donors (Lipinski definition) is 1. The molecule has 0 aromatic carbocycles. The fraction of sp³-hybridized carbons (Fsp3) is 0.588. The summed E-state index contributed by atoms with van der Waals surface area (Å²) in [6.07, 6.45) is 0. The minimum Gasteiger partial charge on any atom is -0.382 e. The highest BCUT2D eigenvalue weighted by Crippen LogP contribution is 2.37. The largest absolute Gasteiger partial charge is 0.382 e. The molecule has 0 aliphatic heterocycles. The van der Waals surface area contributed by atoms with Gasteiger partial charge in [-0.1, -0.05) is 41.5 Å². The molecule has 0 aliphatic rings. The third-order valence-electron chi connectivity index (χ3n) is 3.86.